The van der Waals surface area contributed by atoms with Crippen molar-refractivity contribution in [2.24, 2.45) is 11.7 Å². The Labute approximate surface area is 105 Å². The summed E-state index contributed by atoms with van der Waals surface area (Å²) in [5.74, 6) is 1.98. The molecule has 1 fully saturated rings. The lowest BCUT2D eigenvalue weighted by Gasteiger charge is -2.22. The average Bonchev–Trinajstić information content (AvgIpc) is 2.40. The van der Waals surface area contributed by atoms with Gasteiger partial charge in [0.1, 0.15) is 0 Å². The molecule has 1 unspecified atom stereocenters. The van der Waals surface area contributed by atoms with E-state index >= 15 is 0 Å². The quantitative estimate of drug-likeness (QED) is 0.806. The fraction of sp³-hybridized carbons (Fsp3) is 1.00. The van der Waals surface area contributed by atoms with E-state index in [2.05, 4.69) is 37.4 Å². The molecule has 0 aromatic heterocycles. The van der Waals surface area contributed by atoms with E-state index in [1.54, 1.807) is 0 Å². The number of hydrogen-bond acceptors (Lipinski definition) is 3. The predicted molar refractivity (Wildman–Crippen MR) is 75.0 cm³/mol. The van der Waals surface area contributed by atoms with E-state index in [1.807, 2.05) is 0 Å². The van der Waals surface area contributed by atoms with Crippen LogP contribution < -0.4 is 5.73 Å². The summed E-state index contributed by atoms with van der Waals surface area (Å²) in [7, 11) is 0. The molecule has 2 N–H and O–H groups in total. The second-order valence-corrected chi connectivity index (χ2v) is 7.48. The third kappa shape index (κ3) is 5.55. The Hall–Kier alpha value is 0.270. The van der Waals surface area contributed by atoms with Crippen LogP contribution in [-0.4, -0.2) is 41.6 Å². The maximum absolute atomic E-state index is 5.63. The molecule has 1 rings (SSSR count). The van der Waals surface area contributed by atoms with Crippen LogP contribution in [0, 0.1) is 5.92 Å². The molecule has 96 valence electrons. The zero-order chi connectivity index (χ0) is 12.0. The maximum atomic E-state index is 5.63. The molecular formula is C13H28N2S. The SMILES string of the molecule is CC(CN)CCCN1CCSC(C)(C)CC1. The van der Waals surface area contributed by atoms with Gasteiger partial charge in [-0.2, -0.15) is 11.8 Å². The summed E-state index contributed by atoms with van der Waals surface area (Å²) in [4.78, 5) is 2.63. The van der Waals surface area contributed by atoms with E-state index in [1.165, 1.54) is 44.6 Å². The molecule has 0 saturated carbocycles. The molecular weight excluding hydrogens is 216 g/mol. The van der Waals surface area contributed by atoms with Crippen molar-refractivity contribution in [3.05, 3.63) is 0 Å². The highest BCUT2D eigenvalue weighted by Gasteiger charge is 2.23. The standard InChI is InChI=1S/C13H28N2S/c1-12(11-14)5-4-7-15-8-6-13(2,3)16-10-9-15/h12H,4-11,14H2,1-3H3. The molecule has 1 saturated heterocycles. The minimum atomic E-state index is 0.485. The molecule has 3 heteroatoms. The van der Waals surface area contributed by atoms with E-state index in [0.29, 0.717) is 10.7 Å². The lowest BCUT2D eigenvalue weighted by Crippen LogP contribution is -2.28. The molecule has 1 heterocycles. The van der Waals surface area contributed by atoms with Gasteiger partial charge in [0.25, 0.3) is 0 Å². The maximum Gasteiger partial charge on any atom is 0.0116 e. The number of nitrogens with zero attached hydrogens (tertiary/aromatic N) is 1. The van der Waals surface area contributed by atoms with Gasteiger partial charge in [0.15, 0.2) is 0 Å². The number of rotatable bonds is 5. The first-order valence-corrected chi connectivity index (χ1v) is 7.58. The highest BCUT2D eigenvalue weighted by Crippen LogP contribution is 2.30. The number of nitrogens with two attached hydrogens (primary N) is 1. The van der Waals surface area contributed by atoms with Crippen LogP contribution >= 0.6 is 11.8 Å². The Morgan fingerprint density at radius 1 is 1.38 bits per heavy atom. The van der Waals surface area contributed by atoms with Gasteiger partial charge in [-0.1, -0.05) is 20.8 Å². The Bertz CT molecular complexity index is 194. The summed E-state index contributed by atoms with van der Waals surface area (Å²) >= 11 is 2.13. The lowest BCUT2D eigenvalue weighted by atomic mass is 10.1. The lowest BCUT2D eigenvalue weighted by molar-refractivity contribution is 0.272. The molecule has 0 bridgehead atoms. The van der Waals surface area contributed by atoms with Crippen LogP contribution in [0.15, 0.2) is 0 Å². The van der Waals surface area contributed by atoms with E-state index in [-0.39, 0.29) is 0 Å². The topological polar surface area (TPSA) is 29.3 Å². The summed E-state index contributed by atoms with van der Waals surface area (Å²) in [6, 6.07) is 0. The van der Waals surface area contributed by atoms with Crippen molar-refractivity contribution in [3.63, 3.8) is 0 Å². The second kappa shape index (κ2) is 6.87. The minimum absolute atomic E-state index is 0.485. The molecule has 0 amide bonds. The van der Waals surface area contributed by atoms with Crippen molar-refractivity contribution in [3.8, 4) is 0 Å². The van der Waals surface area contributed by atoms with Gasteiger partial charge in [-0.05, 0) is 44.8 Å². The van der Waals surface area contributed by atoms with Crippen LogP contribution in [0.4, 0.5) is 0 Å². The molecule has 0 aromatic carbocycles. The van der Waals surface area contributed by atoms with Crippen LogP contribution in [0.25, 0.3) is 0 Å². The first-order chi connectivity index (χ1) is 7.53. The van der Waals surface area contributed by atoms with E-state index in [0.717, 1.165) is 6.54 Å². The fourth-order valence-corrected chi connectivity index (χ4v) is 3.20. The molecule has 0 aromatic rings. The summed E-state index contributed by atoms with van der Waals surface area (Å²) in [6.07, 6.45) is 3.91. The van der Waals surface area contributed by atoms with E-state index in [4.69, 9.17) is 5.73 Å². The minimum Gasteiger partial charge on any atom is -0.330 e. The Balaban J connectivity index is 2.18. The molecule has 1 aliphatic heterocycles. The van der Waals surface area contributed by atoms with Gasteiger partial charge in [0, 0.05) is 17.0 Å². The fourth-order valence-electron chi connectivity index (χ4n) is 2.07. The van der Waals surface area contributed by atoms with Gasteiger partial charge < -0.3 is 10.6 Å². The van der Waals surface area contributed by atoms with Crippen LogP contribution in [0.2, 0.25) is 0 Å². The molecule has 1 aliphatic rings. The van der Waals surface area contributed by atoms with Crippen LogP contribution in [0.1, 0.15) is 40.0 Å². The Morgan fingerprint density at radius 2 is 2.12 bits per heavy atom. The largest absolute Gasteiger partial charge is 0.330 e. The number of hydrogen-bond donors (Lipinski definition) is 1. The van der Waals surface area contributed by atoms with Crippen LogP contribution in [0.3, 0.4) is 0 Å². The highest BCUT2D eigenvalue weighted by atomic mass is 32.2. The summed E-state index contributed by atoms with van der Waals surface area (Å²) in [5.41, 5.74) is 5.63. The monoisotopic (exact) mass is 244 g/mol. The molecule has 0 spiro atoms. The average molecular weight is 244 g/mol. The zero-order valence-electron chi connectivity index (χ0n) is 11.2. The van der Waals surface area contributed by atoms with Crippen molar-refractivity contribution in [1.29, 1.82) is 0 Å². The second-order valence-electron chi connectivity index (χ2n) is 5.68. The smallest absolute Gasteiger partial charge is 0.0116 e. The molecule has 16 heavy (non-hydrogen) atoms. The first kappa shape index (κ1) is 14.3. The van der Waals surface area contributed by atoms with Gasteiger partial charge in [0.2, 0.25) is 0 Å². The summed E-state index contributed by atoms with van der Waals surface area (Å²) in [5, 5.41) is 0. The number of thioether (sulfide) groups is 1. The molecule has 0 radical (unpaired) electrons. The van der Waals surface area contributed by atoms with Gasteiger partial charge in [0.05, 0.1) is 0 Å². The van der Waals surface area contributed by atoms with Gasteiger partial charge in [-0.3, -0.25) is 0 Å². The Morgan fingerprint density at radius 3 is 2.81 bits per heavy atom. The van der Waals surface area contributed by atoms with Crippen molar-refractivity contribution >= 4 is 11.8 Å². The van der Waals surface area contributed by atoms with Crippen molar-refractivity contribution in [2.75, 3.05) is 31.9 Å². The first-order valence-electron chi connectivity index (χ1n) is 6.60. The molecule has 0 aliphatic carbocycles. The predicted octanol–water partition coefficient (Wildman–Crippen LogP) is 2.58. The zero-order valence-corrected chi connectivity index (χ0v) is 12.0. The van der Waals surface area contributed by atoms with Crippen molar-refractivity contribution in [2.45, 2.75) is 44.8 Å². The van der Waals surface area contributed by atoms with Crippen molar-refractivity contribution < 1.29 is 0 Å². The third-order valence-electron chi connectivity index (χ3n) is 3.50. The third-order valence-corrected chi connectivity index (χ3v) is 4.88. The van der Waals surface area contributed by atoms with E-state index < -0.39 is 0 Å². The van der Waals surface area contributed by atoms with Gasteiger partial charge in [-0.15, -0.1) is 0 Å². The Kier molecular flexibility index (Phi) is 6.16. The summed E-state index contributed by atoms with van der Waals surface area (Å²) in [6.45, 7) is 11.6. The van der Waals surface area contributed by atoms with Crippen molar-refractivity contribution in [1.82, 2.24) is 4.90 Å². The van der Waals surface area contributed by atoms with E-state index in [9.17, 15) is 0 Å². The van der Waals surface area contributed by atoms with Crippen LogP contribution in [-0.2, 0) is 0 Å². The van der Waals surface area contributed by atoms with Gasteiger partial charge >= 0.3 is 0 Å². The normalized spacial score (nSPS) is 24.0. The summed E-state index contributed by atoms with van der Waals surface area (Å²) < 4.78 is 0.485. The highest BCUT2D eigenvalue weighted by molar-refractivity contribution is 8.00. The molecule has 2 nitrogen and oxygen atoms in total. The molecule has 1 atom stereocenters. The van der Waals surface area contributed by atoms with Crippen LogP contribution in [0.5, 0.6) is 0 Å². The van der Waals surface area contributed by atoms with Gasteiger partial charge in [-0.25, -0.2) is 0 Å².